The molecule has 1 aliphatic rings. The van der Waals surface area contributed by atoms with Crippen LogP contribution in [-0.2, 0) is 13.1 Å². The molecule has 0 radical (unpaired) electrons. The third-order valence-corrected chi connectivity index (χ3v) is 4.39. The molecule has 1 heterocycles. The van der Waals surface area contributed by atoms with Crippen molar-refractivity contribution in [2.24, 2.45) is 5.73 Å². The van der Waals surface area contributed by atoms with Gasteiger partial charge in [-0.3, -0.25) is 9.80 Å². The van der Waals surface area contributed by atoms with E-state index in [9.17, 15) is 4.39 Å². The van der Waals surface area contributed by atoms with Crippen LogP contribution in [-0.4, -0.2) is 42.0 Å². The van der Waals surface area contributed by atoms with Crippen LogP contribution in [0.1, 0.15) is 31.4 Å². The van der Waals surface area contributed by atoms with Gasteiger partial charge in [-0.25, -0.2) is 4.39 Å². The Morgan fingerprint density at radius 3 is 2.45 bits per heavy atom. The summed E-state index contributed by atoms with van der Waals surface area (Å²) in [6.45, 7) is 9.63. The van der Waals surface area contributed by atoms with Crippen LogP contribution in [0.4, 0.5) is 4.39 Å². The van der Waals surface area contributed by atoms with Gasteiger partial charge in [-0.15, -0.1) is 0 Å². The van der Waals surface area contributed by atoms with E-state index in [2.05, 4.69) is 23.6 Å². The van der Waals surface area contributed by atoms with Crippen molar-refractivity contribution in [2.45, 2.75) is 39.4 Å². The summed E-state index contributed by atoms with van der Waals surface area (Å²) < 4.78 is 14.2. The number of nitrogens with two attached hydrogens (primary N) is 1. The number of hydrogen-bond acceptors (Lipinski definition) is 3. The lowest BCUT2D eigenvalue weighted by atomic mass is 10.1. The van der Waals surface area contributed by atoms with Gasteiger partial charge in [-0.2, -0.15) is 0 Å². The molecule has 1 aromatic rings. The van der Waals surface area contributed by atoms with Crippen molar-refractivity contribution in [2.75, 3.05) is 26.2 Å². The van der Waals surface area contributed by atoms with Crippen molar-refractivity contribution >= 4 is 0 Å². The summed E-state index contributed by atoms with van der Waals surface area (Å²) in [5, 5.41) is 0. The molecule has 112 valence electrons. The van der Waals surface area contributed by atoms with Crippen LogP contribution in [0.15, 0.2) is 18.2 Å². The topological polar surface area (TPSA) is 32.5 Å². The normalized spacial score (nSPS) is 19.2. The summed E-state index contributed by atoms with van der Waals surface area (Å²) >= 11 is 0. The number of rotatable bonds is 5. The lowest BCUT2D eigenvalue weighted by Crippen LogP contribution is -2.49. The third kappa shape index (κ3) is 3.57. The first-order valence-electron chi connectivity index (χ1n) is 7.58. The van der Waals surface area contributed by atoms with E-state index >= 15 is 0 Å². The fraction of sp³-hybridized carbons (Fsp3) is 0.625. The average molecular weight is 279 g/mol. The maximum atomic E-state index is 14.2. The Morgan fingerprint density at radius 2 is 1.85 bits per heavy atom. The summed E-state index contributed by atoms with van der Waals surface area (Å²) in [4.78, 5) is 4.85. The van der Waals surface area contributed by atoms with E-state index in [1.54, 1.807) is 6.07 Å². The lowest BCUT2D eigenvalue weighted by Gasteiger charge is -2.37. The number of piperazine rings is 1. The minimum Gasteiger partial charge on any atom is -0.326 e. The number of nitrogens with zero attached hydrogens (tertiary/aromatic N) is 2. The predicted octanol–water partition coefficient (Wildman–Crippen LogP) is 2.20. The lowest BCUT2D eigenvalue weighted by molar-refractivity contribution is 0.0956. The first kappa shape index (κ1) is 15.4. The van der Waals surface area contributed by atoms with Crippen molar-refractivity contribution in [1.29, 1.82) is 0 Å². The molecule has 2 N–H and O–H groups in total. The number of halogens is 1. The third-order valence-electron chi connectivity index (χ3n) is 4.39. The molecule has 0 aliphatic carbocycles. The fourth-order valence-electron chi connectivity index (χ4n) is 2.77. The second-order valence-corrected chi connectivity index (χ2v) is 5.66. The van der Waals surface area contributed by atoms with Gasteiger partial charge in [0, 0.05) is 56.4 Å². The zero-order chi connectivity index (χ0) is 14.5. The van der Waals surface area contributed by atoms with Crippen LogP contribution in [0.5, 0.6) is 0 Å². The van der Waals surface area contributed by atoms with E-state index in [0.717, 1.165) is 31.7 Å². The highest BCUT2D eigenvalue weighted by Crippen LogP contribution is 2.16. The Morgan fingerprint density at radius 1 is 1.20 bits per heavy atom. The molecule has 1 aliphatic heterocycles. The van der Waals surface area contributed by atoms with Gasteiger partial charge in [0.05, 0.1) is 0 Å². The van der Waals surface area contributed by atoms with Crippen LogP contribution in [0.25, 0.3) is 0 Å². The maximum absolute atomic E-state index is 14.2. The number of benzene rings is 1. The zero-order valence-corrected chi connectivity index (χ0v) is 12.6. The van der Waals surface area contributed by atoms with Gasteiger partial charge in [-0.1, -0.05) is 25.1 Å². The highest BCUT2D eigenvalue weighted by Gasteiger charge is 2.21. The predicted molar refractivity (Wildman–Crippen MR) is 80.9 cm³/mol. The molecular weight excluding hydrogens is 253 g/mol. The molecule has 20 heavy (non-hydrogen) atoms. The van der Waals surface area contributed by atoms with Gasteiger partial charge in [0.15, 0.2) is 0 Å². The van der Waals surface area contributed by atoms with Crippen molar-refractivity contribution in [1.82, 2.24) is 9.80 Å². The molecule has 2 rings (SSSR count). The minimum atomic E-state index is -0.126. The number of hydrogen-bond donors (Lipinski definition) is 1. The average Bonchev–Trinajstić information content (AvgIpc) is 2.49. The monoisotopic (exact) mass is 279 g/mol. The molecule has 1 fully saturated rings. The highest BCUT2D eigenvalue weighted by atomic mass is 19.1. The summed E-state index contributed by atoms with van der Waals surface area (Å²) in [5.74, 6) is -0.126. The first-order valence-corrected chi connectivity index (χ1v) is 7.58. The highest BCUT2D eigenvalue weighted by molar-refractivity contribution is 5.25. The molecule has 0 spiro atoms. The molecule has 1 atom stereocenters. The van der Waals surface area contributed by atoms with Crippen molar-refractivity contribution in [3.8, 4) is 0 Å². The van der Waals surface area contributed by atoms with E-state index in [-0.39, 0.29) is 12.4 Å². The second kappa shape index (κ2) is 7.16. The largest absolute Gasteiger partial charge is 0.326 e. The Kier molecular flexibility index (Phi) is 5.52. The minimum absolute atomic E-state index is 0.126. The molecule has 1 saturated heterocycles. The zero-order valence-electron chi connectivity index (χ0n) is 12.6. The molecule has 0 amide bonds. The van der Waals surface area contributed by atoms with Crippen LogP contribution in [0.3, 0.4) is 0 Å². The van der Waals surface area contributed by atoms with E-state index in [1.165, 1.54) is 6.42 Å². The second-order valence-electron chi connectivity index (χ2n) is 5.66. The van der Waals surface area contributed by atoms with Gasteiger partial charge in [0.25, 0.3) is 0 Å². The Bertz CT molecular complexity index is 428. The molecule has 1 unspecified atom stereocenters. The molecule has 0 saturated carbocycles. The molecule has 3 nitrogen and oxygen atoms in total. The van der Waals surface area contributed by atoms with Crippen LogP contribution in [0.2, 0.25) is 0 Å². The molecule has 1 aromatic carbocycles. The van der Waals surface area contributed by atoms with E-state index < -0.39 is 0 Å². The standard InChI is InChI=1S/C16H26FN3/c1-3-13(2)20-9-7-19(8-10-20)12-15-6-4-5-14(11-18)16(15)17/h4-6,13H,3,7-12,18H2,1-2H3. The summed E-state index contributed by atoms with van der Waals surface area (Å²) in [5.41, 5.74) is 6.94. The smallest absolute Gasteiger partial charge is 0.132 e. The van der Waals surface area contributed by atoms with Gasteiger partial charge < -0.3 is 5.73 Å². The SMILES string of the molecule is CCC(C)N1CCN(Cc2cccc(CN)c2F)CC1. The van der Waals surface area contributed by atoms with E-state index in [1.807, 2.05) is 12.1 Å². The Hall–Kier alpha value is -0.970. The van der Waals surface area contributed by atoms with Gasteiger partial charge >= 0.3 is 0 Å². The van der Waals surface area contributed by atoms with Crippen molar-refractivity contribution in [3.63, 3.8) is 0 Å². The Labute approximate surface area is 121 Å². The van der Waals surface area contributed by atoms with E-state index in [0.29, 0.717) is 18.2 Å². The van der Waals surface area contributed by atoms with Crippen molar-refractivity contribution < 1.29 is 4.39 Å². The van der Waals surface area contributed by atoms with Crippen LogP contribution < -0.4 is 5.73 Å². The molecule has 0 bridgehead atoms. The first-order chi connectivity index (χ1) is 9.65. The Balaban J connectivity index is 1.93. The fourth-order valence-corrected chi connectivity index (χ4v) is 2.77. The summed E-state index contributed by atoms with van der Waals surface area (Å²) in [6, 6.07) is 6.18. The van der Waals surface area contributed by atoms with E-state index in [4.69, 9.17) is 5.73 Å². The van der Waals surface area contributed by atoms with Gasteiger partial charge in [0.2, 0.25) is 0 Å². The summed E-state index contributed by atoms with van der Waals surface area (Å²) in [6.07, 6.45) is 1.19. The van der Waals surface area contributed by atoms with Crippen molar-refractivity contribution in [3.05, 3.63) is 35.1 Å². The molecule has 4 heteroatoms. The molecule has 0 aromatic heterocycles. The van der Waals surface area contributed by atoms with Gasteiger partial charge in [0.1, 0.15) is 5.82 Å². The van der Waals surface area contributed by atoms with Crippen LogP contribution in [0, 0.1) is 5.82 Å². The maximum Gasteiger partial charge on any atom is 0.132 e. The van der Waals surface area contributed by atoms with Gasteiger partial charge in [-0.05, 0) is 13.3 Å². The molecular formula is C16H26FN3. The summed E-state index contributed by atoms with van der Waals surface area (Å²) in [7, 11) is 0. The quantitative estimate of drug-likeness (QED) is 0.897. The van der Waals surface area contributed by atoms with Crippen LogP contribution >= 0.6 is 0 Å².